The molecule has 3 nitrogen and oxygen atoms in total. The molecule has 0 amide bonds. The molecular formula is C14H20IN3S. The van der Waals surface area contributed by atoms with Crippen molar-refractivity contribution < 1.29 is 0 Å². The van der Waals surface area contributed by atoms with Crippen LogP contribution in [0.25, 0.3) is 11.0 Å². The quantitative estimate of drug-likeness (QED) is 0.572. The second-order valence-electron chi connectivity index (χ2n) is 4.66. The first-order chi connectivity index (χ1) is 9.22. The van der Waals surface area contributed by atoms with E-state index in [2.05, 4.69) is 56.6 Å². The molecule has 0 radical (unpaired) electrons. The molecule has 0 bridgehead atoms. The van der Waals surface area contributed by atoms with Gasteiger partial charge >= 0.3 is 0 Å². The number of nitrogens with two attached hydrogens (primary N) is 1. The molecule has 2 rings (SSSR count). The first-order valence-corrected chi connectivity index (χ1v) is 9.10. The third kappa shape index (κ3) is 4.02. The van der Waals surface area contributed by atoms with Crippen LogP contribution in [0.3, 0.4) is 0 Å². The Morgan fingerprint density at radius 1 is 1.26 bits per heavy atom. The molecule has 2 aromatic rings. The van der Waals surface area contributed by atoms with Gasteiger partial charge in [-0.25, -0.2) is 4.98 Å². The molecule has 2 N–H and O–H groups in total. The maximum absolute atomic E-state index is 6.01. The number of hydrogen-bond donors (Lipinski definition) is 1. The van der Waals surface area contributed by atoms with Crippen molar-refractivity contribution in [3.05, 3.63) is 21.8 Å². The lowest BCUT2D eigenvalue weighted by Crippen LogP contribution is -2.03. The Labute approximate surface area is 132 Å². The maximum Gasteiger partial charge on any atom is 0.201 e. The second kappa shape index (κ2) is 7.38. The summed E-state index contributed by atoms with van der Waals surface area (Å²) in [5.41, 5.74) is 8.17. The molecule has 1 aromatic heterocycles. The topological polar surface area (TPSA) is 43.8 Å². The zero-order valence-electron chi connectivity index (χ0n) is 11.2. The highest BCUT2D eigenvalue weighted by Crippen LogP contribution is 2.21. The minimum atomic E-state index is 0.640. The van der Waals surface area contributed by atoms with E-state index in [1.54, 1.807) is 0 Å². The van der Waals surface area contributed by atoms with Gasteiger partial charge in [-0.2, -0.15) is 11.8 Å². The molecule has 1 aromatic carbocycles. The van der Waals surface area contributed by atoms with E-state index in [1.807, 2.05) is 11.8 Å². The lowest BCUT2D eigenvalue weighted by Gasteiger charge is -2.06. The molecule has 0 aliphatic carbocycles. The van der Waals surface area contributed by atoms with E-state index in [-0.39, 0.29) is 0 Å². The number of aryl methyl sites for hydroxylation is 1. The van der Waals surface area contributed by atoms with Gasteiger partial charge in [-0.1, -0.05) is 12.8 Å². The fourth-order valence-electron chi connectivity index (χ4n) is 2.23. The van der Waals surface area contributed by atoms with Crippen LogP contribution < -0.4 is 5.73 Å². The van der Waals surface area contributed by atoms with Crippen LogP contribution in [0.2, 0.25) is 0 Å². The molecule has 0 unspecified atom stereocenters. The first kappa shape index (κ1) is 15.0. The highest BCUT2D eigenvalue weighted by atomic mass is 127. The van der Waals surface area contributed by atoms with Crippen LogP contribution in [0, 0.1) is 3.57 Å². The average molecular weight is 389 g/mol. The summed E-state index contributed by atoms with van der Waals surface area (Å²) >= 11 is 4.23. The molecule has 0 aliphatic heterocycles. The molecule has 0 atom stereocenters. The van der Waals surface area contributed by atoms with Crippen LogP contribution in [-0.2, 0) is 6.54 Å². The van der Waals surface area contributed by atoms with Gasteiger partial charge in [0.1, 0.15) is 0 Å². The standard InChI is InChI=1S/C14H20IN3S/c1-19-9-5-3-2-4-8-18-13-7-6-11(15)10-12(13)17-14(18)16/h6-7,10H,2-5,8-9H2,1H3,(H2,16,17). The van der Waals surface area contributed by atoms with Crippen molar-refractivity contribution in [2.24, 2.45) is 0 Å². The molecule has 5 heteroatoms. The van der Waals surface area contributed by atoms with Crippen molar-refractivity contribution >= 4 is 51.3 Å². The van der Waals surface area contributed by atoms with Crippen LogP contribution in [0.1, 0.15) is 25.7 Å². The number of thioether (sulfide) groups is 1. The fourth-order valence-corrected chi connectivity index (χ4v) is 3.19. The number of rotatable bonds is 7. The van der Waals surface area contributed by atoms with Crippen molar-refractivity contribution in [2.45, 2.75) is 32.2 Å². The summed E-state index contributed by atoms with van der Waals surface area (Å²) in [7, 11) is 0. The summed E-state index contributed by atoms with van der Waals surface area (Å²) in [4.78, 5) is 4.43. The Morgan fingerprint density at radius 2 is 2.05 bits per heavy atom. The van der Waals surface area contributed by atoms with Crippen molar-refractivity contribution in [2.75, 3.05) is 17.7 Å². The Bertz CT molecular complexity index is 539. The summed E-state index contributed by atoms with van der Waals surface area (Å²) in [6.45, 7) is 0.974. The van der Waals surface area contributed by atoms with Crippen LogP contribution in [0.4, 0.5) is 5.95 Å². The molecule has 19 heavy (non-hydrogen) atoms. The number of hydrogen-bond acceptors (Lipinski definition) is 3. The zero-order chi connectivity index (χ0) is 13.7. The average Bonchev–Trinajstić information content (AvgIpc) is 2.69. The van der Waals surface area contributed by atoms with E-state index in [0.717, 1.165) is 17.6 Å². The van der Waals surface area contributed by atoms with E-state index in [4.69, 9.17) is 5.73 Å². The highest BCUT2D eigenvalue weighted by Gasteiger charge is 2.07. The van der Waals surface area contributed by atoms with Gasteiger partial charge in [0.15, 0.2) is 0 Å². The van der Waals surface area contributed by atoms with Gasteiger partial charge in [-0.3, -0.25) is 0 Å². The number of halogens is 1. The van der Waals surface area contributed by atoms with Gasteiger partial charge in [0.25, 0.3) is 0 Å². The third-order valence-electron chi connectivity index (χ3n) is 3.22. The Hall–Kier alpha value is -0.430. The summed E-state index contributed by atoms with van der Waals surface area (Å²) in [5, 5.41) is 0. The van der Waals surface area contributed by atoms with E-state index in [0.29, 0.717) is 5.95 Å². The minimum absolute atomic E-state index is 0.640. The maximum atomic E-state index is 6.01. The predicted octanol–water partition coefficient (Wildman–Crippen LogP) is 4.15. The van der Waals surface area contributed by atoms with Gasteiger partial charge in [-0.05, 0) is 65.6 Å². The van der Waals surface area contributed by atoms with Crippen LogP contribution >= 0.6 is 34.4 Å². The number of nitrogen functional groups attached to an aromatic ring is 1. The second-order valence-corrected chi connectivity index (χ2v) is 6.89. The van der Waals surface area contributed by atoms with Gasteiger partial charge in [0.05, 0.1) is 11.0 Å². The lowest BCUT2D eigenvalue weighted by molar-refractivity contribution is 0.597. The van der Waals surface area contributed by atoms with E-state index < -0.39 is 0 Å². The first-order valence-electron chi connectivity index (χ1n) is 6.62. The largest absolute Gasteiger partial charge is 0.369 e. The summed E-state index contributed by atoms with van der Waals surface area (Å²) in [5.74, 6) is 1.91. The number of nitrogens with zero attached hydrogens (tertiary/aromatic N) is 2. The van der Waals surface area contributed by atoms with Gasteiger partial charge in [0, 0.05) is 10.1 Å². The predicted molar refractivity (Wildman–Crippen MR) is 93.7 cm³/mol. The SMILES string of the molecule is CSCCCCCCn1c(N)nc2cc(I)ccc21. The molecule has 0 spiro atoms. The van der Waals surface area contributed by atoms with Crippen molar-refractivity contribution in [1.29, 1.82) is 0 Å². The molecule has 0 saturated heterocycles. The van der Waals surface area contributed by atoms with Crippen LogP contribution in [-0.4, -0.2) is 21.6 Å². The Morgan fingerprint density at radius 3 is 2.84 bits per heavy atom. The number of aromatic nitrogens is 2. The van der Waals surface area contributed by atoms with Gasteiger partial charge in [0.2, 0.25) is 5.95 Å². The summed E-state index contributed by atoms with van der Waals surface area (Å²) < 4.78 is 3.34. The highest BCUT2D eigenvalue weighted by molar-refractivity contribution is 14.1. The molecule has 0 saturated carbocycles. The number of imidazole rings is 1. The van der Waals surface area contributed by atoms with Gasteiger partial charge in [-0.15, -0.1) is 0 Å². The molecule has 104 valence electrons. The minimum Gasteiger partial charge on any atom is -0.369 e. The zero-order valence-corrected chi connectivity index (χ0v) is 14.2. The Balaban J connectivity index is 1.95. The number of anilines is 1. The Kier molecular flexibility index (Phi) is 5.81. The van der Waals surface area contributed by atoms with Crippen LogP contribution in [0.15, 0.2) is 18.2 Å². The number of unbranched alkanes of at least 4 members (excludes halogenated alkanes) is 3. The van der Waals surface area contributed by atoms with Crippen molar-refractivity contribution in [3.8, 4) is 0 Å². The van der Waals surface area contributed by atoms with E-state index in [9.17, 15) is 0 Å². The fraction of sp³-hybridized carbons (Fsp3) is 0.500. The summed E-state index contributed by atoms with van der Waals surface area (Å²) in [6.07, 6.45) is 7.24. The third-order valence-corrected chi connectivity index (χ3v) is 4.59. The van der Waals surface area contributed by atoms with Gasteiger partial charge < -0.3 is 10.3 Å². The lowest BCUT2D eigenvalue weighted by atomic mass is 10.2. The van der Waals surface area contributed by atoms with Crippen molar-refractivity contribution in [3.63, 3.8) is 0 Å². The monoisotopic (exact) mass is 389 g/mol. The van der Waals surface area contributed by atoms with E-state index in [1.165, 1.54) is 35.0 Å². The molecular weight excluding hydrogens is 369 g/mol. The normalized spacial score (nSPS) is 11.3. The molecule has 0 fully saturated rings. The molecule has 1 heterocycles. The van der Waals surface area contributed by atoms with E-state index >= 15 is 0 Å². The molecule has 0 aliphatic rings. The number of fused-ring (bicyclic) bond motifs is 1. The number of benzene rings is 1. The van der Waals surface area contributed by atoms with Crippen molar-refractivity contribution in [1.82, 2.24) is 9.55 Å². The van der Waals surface area contributed by atoms with Crippen LogP contribution in [0.5, 0.6) is 0 Å². The smallest absolute Gasteiger partial charge is 0.201 e. The summed E-state index contributed by atoms with van der Waals surface area (Å²) in [6, 6.07) is 6.31.